The van der Waals surface area contributed by atoms with Gasteiger partial charge in [0.1, 0.15) is 0 Å². The third-order valence-electron chi connectivity index (χ3n) is 2.91. The summed E-state index contributed by atoms with van der Waals surface area (Å²) in [5.74, 6) is 0. The molecule has 0 amide bonds. The van der Waals surface area contributed by atoms with Gasteiger partial charge in [0.25, 0.3) is 0 Å². The van der Waals surface area contributed by atoms with Gasteiger partial charge in [-0.2, -0.15) is 0 Å². The molecule has 3 rings (SSSR count). The standard InChI is InChI=1S/C12H11O3P/c13-16(14,15)11-7-3-6-10-8-4-1-2-5-9(8)12(10)11/h1-7,13-16H. The molecule has 16 heavy (non-hydrogen) atoms. The van der Waals surface area contributed by atoms with Gasteiger partial charge in [-0.1, -0.05) is 0 Å². The molecule has 0 saturated heterocycles. The normalized spacial score (nSPS) is 13.7. The van der Waals surface area contributed by atoms with E-state index < -0.39 is 7.94 Å². The number of fused-ring (bicyclic) bond motifs is 4. The van der Waals surface area contributed by atoms with Crippen molar-refractivity contribution >= 4 is 13.2 Å². The molecule has 0 atom stereocenters. The zero-order chi connectivity index (χ0) is 11.3. The number of hydrogen-bond acceptors (Lipinski definition) is 3. The third-order valence-corrected chi connectivity index (χ3v) is 4.05. The zero-order valence-electron chi connectivity index (χ0n) is 8.38. The van der Waals surface area contributed by atoms with Crippen molar-refractivity contribution in [2.45, 2.75) is 0 Å². The Hall–Kier alpha value is -1.25. The Kier molecular flexibility index (Phi) is 1.94. The molecule has 2 aromatic rings. The molecule has 0 radical (unpaired) electrons. The van der Waals surface area contributed by atoms with E-state index in [-0.39, 0.29) is 5.30 Å². The van der Waals surface area contributed by atoms with E-state index >= 15 is 0 Å². The van der Waals surface area contributed by atoms with Gasteiger partial charge in [0.15, 0.2) is 0 Å². The van der Waals surface area contributed by atoms with Crippen molar-refractivity contribution in [3.63, 3.8) is 0 Å². The van der Waals surface area contributed by atoms with E-state index in [4.69, 9.17) is 0 Å². The fraction of sp³-hybridized carbons (Fsp3) is 0. The Bertz CT molecular complexity index is 573. The molecule has 3 nitrogen and oxygen atoms in total. The molecular weight excluding hydrogens is 223 g/mol. The molecule has 2 aromatic carbocycles. The van der Waals surface area contributed by atoms with Crippen LogP contribution in [-0.4, -0.2) is 14.7 Å². The summed E-state index contributed by atoms with van der Waals surface area (Å²) in [6.45, 7) is 0. The SMILES string of the molecule is O[PH](O)(O)c1cccc2c1-c1ccccc1-2. The van der Waals surface area contributed by atoms with Crippen molar-refractivity contribution < 1.29 is 14.7 Å². The first-order valence-electron chi connectivity index (χ1n) is 4.99. The Morgan fingerprint density at radius 3 is 2.00 bits per heavy atom. The minimum atomic E-state index is -4.23. The molecule has 0 aromatic heterocycles. The van der Waals surface area contributed by atoms with E-state index in [0.717, 1.165) is 22.3 Å². The van der Waals surface area contributed by atoms with Crippen molar-refractivity contribution in [2.75, 3.05) is 0 Å². The summed E-state index contributed by atoms with van der Waals surface area (Å²) in [6.07, 6.45) is 0. The molecule has 0 heterocycles. The van der Waals surface area contributed by atoms with Crippen molar-refractivity contribution in [1.82, 2.24) is 0 Å². The van der Waals surface area contributed by atoms with E-state index in [1.807, 2.05) is 30.3 Å². The van der Waals surface area contributed by atoms with Gasteiger partial charge in [0.2, 0.25) is 0 Å². The van der Waals surface area contributed by atoms with Crippen LogP contribution in [-0.2, 0) is 0 Å². The third kappa shape index (κ3) is 1.24. The van der Waals surface area contributed by atoms with Gasteiger partial charge in [-0.25, -0.2) is 0 Å². The summed E-state index contributed by atoms with van der Waals surface area (Å²) < 4.78 is 0. The molecule has 0 aliphatic heterocycles. The summed E-state index contributed by atoms with van der Waals surface area (Å²) in [4.78, 5) is 28.2. The van der Waals surface area contributed by atoms with Gasteiger partial charge in [0, 0.05) is 0 Å². The van der Waals surface area contributed by atoms with Gasteiger partial charge in [-0.15, -0.1) is 0 Å². The Labute approximate surface area is 93.2 Å². The number of rotatable bonds is 1. The van der Waals surface area contributed by atoms with Crippen molar-refractivity contribution in [3.05, 3.63) is 42.5 Å². The van der Waals surface area contributed by atoms with Gasteiger partial charge in [0.05, 0.1) is 0 Å². The second-order valence-electron chi connectivity index (χ2n) is 3.91. The minimum absolute atomic E-state index is 0.267. The monoisotopic (exact) mass is 234 g/mol. The van der Waals surface area contributed by atoms with Gasteiger partial charge in [-0.3, -0.25) is 0 Å². The van der Waals surface area contributed by atoms with Gasteiger partial charge < -0.3 is 0 Å². The van der Waals surface area contributed by atoms with Crippen LogP contribution in [0.1, 0.15) is 0 Å². The van der Waals surface area contributed by atoms with Crippen LogP contribution in [0.5, 0.6) is 0 Å². The Morgan fingerprint density at radius 1 is 0.688 bits per heavy atom. The fourth-order valence-corrected chi connectivity index (χ4v) is 3.14. The van der Waals surface area contributed by atoms with Crippen molar-refractivity contribution in [3.8, 4) is 22.3 Å². The first-order chi connectivity index (χ1) is 7.59. The van der Waals surface area contributed by atoms with Crippen LogP contribution >= 0.6 is 7.94 Å². The van der Waals surface area contributed by atoms with Gasteiger partial charge >= 0.3 is 92.6 Å². The number of benzene rings is 2. The molecule has 0 bridgehead atoms. The topological polar surface area (TPSA) is 60.7 Å². The molecule has 3 N–H and O–H groups in total. The van der Waals surface area contributed by atoms with E-state index in [9.17, 15) is 14.7 Å². The first-order valence-corrected chi connectivity index (χ1v) is 6.83. The van der Waals surface area contributed by atoms with Crippen molar-refractivity contribution in [2.24, 2.45) is 0 Å². The van der Waals surface area contributed by atoms with Crippen LogP contribution in [0.25, 0.3) is 22.3 Å². The molecule has 0 spiro atoms. The summed E-state index contributed by atoms with van der Waals surface area (Å²) in [5, 5.41) is 0.267. The second kappa shape index (κ2) is 3.12. The van der Waals surface area contributed by atoms with Crippen LogP contribution in [0.3, 0.4) is 0 Å². The average Bonchev–Trinajstić information content (AvgIpc) is 2.23. The molecule has 4 heteroatoms. The van der Waals surface area contributed by atoms with E-state index in [1.54, 1.807) is 12.1 Å². The second-order valence-corrected chi connectivity index (χ2v) is 5.72. The molecule has 1 aliphatic carbocycles. The molecule has 0 saturated carbocycles. The molecular formula is C12H11O3P. The summed E-state index contributed by atoms with van der Waals surface area (Å²) in [7, 11) is -4.23. The zero-order valence-corrected chi connectivity index (χ0v) is 9.38. The fourth-order valence-electron chi connectivity index (χ4n) is 2.22. The van der Waals surface area contributed by atoms with E-state index in [1.165, 1.54) is 0 Å². The summed E-state index contributed by atoms with van der Waals surface area (Å²) in [5.41, 5.74) is 3.82. The number of hydrogen-bond donors (Lipinski definition) is 3. The van der Waals surface area contributed by atoms with E-state index in [0.29, 0.717) is 0 Å². The average molecular weight is 234 g/mol. The maximum absolute atomic E-state index is 9.40. The predicted molar refractivity (Wildman–Crippen MR) is 65.5 cm³/mol. The quantitative estimate of drug-likeness (QED) is 0.558. The van der Waals surface area contributed by atoms with Crippen LogP contribution in [0.2, 0.25) is 0 Å². The summed E-state index contributed by atoms with van der Waals surface area (Å²) >= 11 is 0. The van der Waals surface area contributed by atoms with Crippen LogP contribution < -0.4 is 5.30 Å². The van der Waals surface area contributed by atoms with E-state index in [2.05, 4.69) is 0 Å². The van der Waals surface area contributed by atoms with Crippen LogP contribution in [0, 0.1) is 0 Å². The first kappa shape index (κ1) is 9.94. The predicted octanol–water partition coefficient (Wildman–Crippen LogP) is 1.43. The van der Waals surface area contributed by atoms with Crippen molar-refractivity contribution in [1.29, 1.82) is 0 Å². The molecule has 0 unspecified atom stereocenters. The Balaban J connectivity index is 2.26. The maximum atomic E-state index is 9.40. The van der Waals surface area contributed by atoms with Crippen LogP contribution in [0.4, 0.5) is 0 Å². The molecule has 82 valence electrons. The Morgan fingerprint density at radius 2 is 1.31 bits per heavy atom. The molecule has 1 aliphatic rings. The molecule has 0 fully saturated rings. The van der Waals surface area contributed by atoms with Gasteiger partial charge in [-0.05, 0) is 0 Å². The summed E-state index contributed by atoms with van der Waals surface area (Å²) in [6, 6.07) is 13.0. The van der Waals surface area contributed by atoms with Crippen LogP contribution in [0.15, 0.2) is 42.5 Å².